The quantitative estimate of drug-likeness (QED) is 0.288. The summed E-state index contributed by atoms with van der Waals surface area (Å²) in [5.41, 5.74) is 7.30. The van der Waals surface area contributed by atoms with E-state index in [0.29, 0.717) is 0 Å². The Kier molecular flexibility index (Phi) is 3.91. The van der Waals surface area contributed by atoms with E-state index in [0.717, 1.165) is 0 Å². The highest BCUT2D eigenvalue weighted by atomic mass is 14.7. The summed E-state index contributed by atoms with van der Waals surface area (Å²) in [6.07, 6.45) is 0. The standard InChI is InChI=1S/C32H21N/c1-3-9-23-17-25(15-13-21(23)7-1)27-19-29(26-16-14-22-8-2-4-10-24(22)18-26)32-30(20-27)28-11-5-6-12-31(28)33-32/h1-20,33H. The SMILES string of the molecule is c1ccc2cc(-c3cc(-c4ccc5ccccc5c4)c4[nH]c5ccccc5c4c3)ccc2c1. The zero-order valence-corrected chi connectivity index (χ0v) is 18.0. The van der Waals surface area contributed by atoms with Crippen molar-refractivity contribution in [3.05, 3.63) is 121 Å². The number of nitrogens with one attached hydrogen (secondary N) is 1. The molecule has 1 aromatic heterocycles. The fourth-order valence-electron chi connectivity index (χ4n) is 5.07. The van der Waals surface area contributed by atoms with Crippen molar-refractivity contribution >= 4 is 43.4 Å². The highest BCUT2D eigenvalue weighted by Gasteiger charge is 2.13. The van der Waals surface area contributed by atoms with Gasteiger partial charge < -0.3 is 4.98 Å². The first-order chi connectivity index (χ1) is 16.3. The molecule has 0 bridgehead atoms. The molecular formula is C32H21N. The summed E-state index contributed by atoms with van der Waals surface area (Å²) >= 11 is 0. The molecule has 0 radical (unpaired) electrons. The minimum atomic E-state index is 1.17. The first-order valence-corrected chi connectivity index (χ1v) is 11.4. The van der Waals surface area contributed by atoms with Crippen LogP contribution in [-0.2, 0) is 0 Å². The van der Waals surface area contributed by atoms with Crippen molar-refractivity contribution in [3.63, 3.8) is 0 Å². The molecule has 0 aliphatic rings. The highest BCUT2D eigenvalue weighted by molar-refractivity contribution is 6.14. The van der Waals surface area contributed by atoms with Crippen molar-refractivity contribution in [2.75, 3.05) is 0 Å². The second-order valence-electron chi connectivity index (χ2n) is 8.74. The molecular weight excluding hydrogens is 398 g/mol. The summed E-state index contributed by atoms with van der Waals surface area (Å²) in [5, 5.41) is 7.58. The van der Waals surface area contributed by atoms with E-state index in [-0.39, 0.29) is 0 Å². The Morgan fingerprint density at radius 3 is 1.76 bits per heavy atom. The molecule has 0 amide bonds. The number of rotatable bonds is 2. The summed E-state index contributed by atoms with van der Waals surface area (Å²) in [5.74, 6) is 0. The van der Waals surface area contributed by atoms with Gasteiger partial charge in [0, 0.05) is 21.9 Å². The van der Waals surface area contributed by atoms with Crippen LogP contribution < -0.4 is 0 Å². The lowest BCUT2D eigenvalue weighted by Crippen LogP contribution is -1.86. The van der Waals surface area contributed by atoms with Gasteiger partial charge in [0.15, 0.2) is 0 Å². The zero-order valence-electron chi connectivity index (χ0n) is 18.0. The molecule has 0 aliphatic heterocycles. The third-order valence-corrected chi connectivity index (χ3v) is 6.76. The Bertz CT molecular complexity index is 1820. The Labute approximate surface area is 191 Å². The molecule has 1 heterocycles. The van der Waals surface area contributed by atoms with E-state index in [9.17, 15) is 0 Å². The topological polar surface area (TPSA) is 15.8 Å². The van der Waals surface area contributed by atoms with E-state index >= 15 is 0 Å². The van der Waals surface area contributed by atoms with Crippen molar-refractivity contribution in [3.8, 4) is 22.3 Å². The maximum absolute atomic E-state index is 3.70. The van der Waals surface area contributed by atoms with Crippen LogP contribution in [0.1, 0.15) is 0 Å². The van der Waals surface area contributed by atoms with Gasteiger partial charge in [-0.2, -0.15) is 0 Å². The molecule has 7 rings (SSSR count). The predicted octanol–water partition coefficient (Wildman–Crippen LogP) is 8.96. The Hall–Kier alpha value is -4.36. The minimum Gasteiger partial charge on any atom is -0.354 e. The maximum Gasteiger partial charge on any atom is 0.0544 e. The minimum absolute atomic E-state index is 1.17. The maximum atomic E-state index is 3.70. The number of hydrogen-bond acceptors (Lipinski definition) is 0. The van der Waals surface area contributed by atoms with Gasteiger partial charge in [0.05, 0.1) is 5.52 Å². The highest BCUT2D eigenvalue weighted by Crippen LogP contribution is 2.38. The normalized spacial score (nSPS) is 11.6. The number of benzene rings is 6. The average Bonchev–Trinajstić information content (AvgIpc) is 3.26. The van der Waals surface area contributed by atoms with E-state index in [1.54, 1.807) is 0 Å². The lowest BCUT2D eigenvalue weighted by molar-refractivity contribution is 1.54. The van der Waals surface area contributed by atoms with Crippen LogP contribution in [0.4, 0.5) is 0 Å². The molecule has 7 aromatic rings. The lowest BCUT2D eigenvalue weighted by atomic mass is 9.93. The monoisotopic (exact) mass is 419 g/mol. The van der Waals surface area contributed by atoms with Gasteiger partial charge in [-0.1, -0.05) is 91.0 Å². The summed E-state index contributed by atoms with van der Waals surface area (Å²) in [4.78, 5) is 3.70. The van der Waals surface area contributed by atoms with Crippen LogP contribution >= 0.6 is 0 Å². The Morgan fingerprint density at radius 1 is 0.394 bits per heavy atom. The molecule has 1 N–H and O–H groups in total. The Balaban J connectivity index is 1.54. The van der Waals surface area contributed by atoms with E-state index in [4.69, 9.17) is 0 Å². The molecule has 154 valence electrons. The number of fused-ring (bicyclic) bond motifs is 5. The molecule has 0 aliphatic carbocycles. The van der Waals surface area contributed by atoms with Gasteiger partial charge in [0.25, 0.3) is 0 Å². The molecule has 1 heteroatoms. The van der Waals surface area contributed by atoms with Crippen molar-refractivity contribution in [1.29, 1.82) is 0 Å². The average molecular weight is 420 g/mol. The number of H-pyrrole nitrogens is 1. The van der Waals surface area contributed by atoms with Gasteiger partial charge in [-0.05, 0) is 68.6 Å². The first kappa shape index (κ1) is 18.2. The second kappa shape index (κ2) is 7.08. The van der Waals surface area contributed by atoms with Gasteiger partial charge in [0.2, 0.25) is 0 Å². The number of aromatic amines is 1. The van der Waals surface area contributed by atoms with Gasteiger partial charge in [-0.15, -0.1) is 0 Å². The van der Waals surface area contributed by atoms with Gasteiger partial charge in [-0.3, -0.25) is 0 Å². The van der Waals surface area contributed by atoms with Crippen molar-refractivity contribution in [2.45, 2.75) is 0 Å². The molecule has 33 heavy (non-hydrogen) atoms. The fourth-order valence-corrected chi connectivity index (χ4v) is 5.07. The molecule has 0 atom stereocenters. The van der Waals surface area contributed by atoms with E-state index in [1.165, 1.54) is 65.6 Å². The van der Waals surface area contributed by atoms with Gasteiger partial charge >= 0.3 is 0 Å². The second-order valence-corrected chi connectivity index (χ2v) is 8.74. The van der Waals surface area contributed by atoms with Gasteiger partial charge in [0.1, 0.15) is 0 Å². The predicted molar refractivity (Wildman–Crippen MR) is 142 cm³/mol. The molecule has 0 unspecified atom stereocenters. The van der Waals surface area contributed by atoms with Crippen LogP contribution in [-0.4, -0.2) is 4.98 Å². The van der Waals surface area contributed by atoms with E-state index in [1.807, 2.05) is 0 Å². The third kappa shape index (κ3) is 2.94. The Morgan fingerprint density at radius 2 is 1.00 bits per heavy atom. The zero-order chi connectivity index (χ0) is 21.8. The molecule has 0 spiro atoms. The molecule has 6 aromatic carbocycles. The molecule has 0 saturated heterocycles. The van der Waals surface area contributed by atoms with Crippen molar-refractivity contribution in [2.24, 2.45) is 0 Å². The van der Waals surface area contributed by atoms with Crippen LogP contribution in [0.3, 0.4) is 0 Å². The van der Waals surface area contributed by atoms with Crippen LogP contribution in [0.2, 0.25) is 0 Å². The number of para-hydroxylation sites is 1. The summed E-state index contributed by atoms with van der Waals surface area (Å²) in [7, 11) is 0. The van der Waals surface area contributed by atoms with Crippen LogP contribution in [0.25, 0.3) is 65.6 Å². The van der Waals surface area contributed by atoms with Crippen molar-refractivity contribution in [1.82, 2.24) is 4.98 Å². The lowest BCUT2D eigenvalue weighted by Gasteiger charge is -2.11. The van der Waals surface area contributed by atoms with Crippen LogP contribution in [0.5, 0.6) is 0 Å². The summed E-state index contributed by atoms with van der Waals surface area (Å²) < 4.78 is 0. The van der Waals surface area contributed by atoms with Crippen LogP contribution in [0.15, 0.2) is 121 Å². The molecule has 1 nitrogen and oxygen atoms in total. The summed E-state index contributed by atoms with van der Waals surface area (Å²) in [6.45, 7) is 0. The van der Waals surface area contributed by atoms with E-state index in [2.05, 4.69) is 126 Å². The molecule has 0 fully saturated rings. The summed E-state index contributed by atoms with van der Waals surface area (Å²) in [6, 6.07) is 43.9. The number of hydrogen-bond donors (Lipinski definition) is 1. The van der Waals surface area contributed by atoms with E-state index < -0.39 is 0 Å². The van der Waals surface area contributed by atoms with Crippen molar-refractivity contribution < 1.29 is 0 Å². The number of aromatic nitrogens is 1. The fraction of sp³-hybridized carbons (Fsp3) is 0. The molecule has 0 saturated carbocycles. The van der Waals surface area contributed by atoms with Crippen LogP contribution in [0, 0.1) is 0 Å². The third-order valence-electron chi connectivity index (χ3n) is 6.76. The first-order valence-electron chi connectivity index (χ1n) is 11.4. The largest absolute Gasteiger partial charge is 0.354 e. The smallest absolute Gasteiger partial charge is 0.0544 e. The van der Waals surface area contributed by atoms with Gasteiger partial charge in [-0.25, -0.2) is 0 Å².